The molecular weight excluding hydrogens is 406 g/mol. The van der Waals surface area contributed by atoms with E-state index in [-0.39, 0.29) is 23.2 Å². The molecule has 0 amide bonds. The molecule has 3 aromatic rings. The van der Waals surface area contributed by atoms with Gasteiger partial charge in [0.2, 0.25) is 0 Å². The summed E-state index contributed by atoms with van der Waals surface area (Å²) in [6.07, 6.45) is -1.06. The quantitative estimate of drug-likeness (QED) is 0.590. The van der Waals surface area contributed by atoms with Crippen molar-refractivity contribution < 1.29 is 19.1 Å². The van der Waals surface area contributed by atoms with E-state index in [4.69, 9.17) is 9.47 Å². The highest BCUT2D eigenvalue weighted by Crippen LogP contribution is 2.27. The fourth-order valence-electron chi connectivity index (χ4n) is 3.27. The van der Waals surface area contributed by atoms with Gasteiger partial charge in [-0.15, -0.1) is 11.3 Å². The van der Waals surface area contributed by atoms with Gasteiger partial charge < -0.3 is 19.4 Å². The van der Waals surface area contributed by atoms with Gasteiger partial charge in [0.15, 0.2) is 11.9 Å². The Morgan fingerprint density at radius 1 is 0.967 bits per heavy atom. The van der Waals surface area contributed by atoms with Crippen LogP contribution in [-0.4, -0.2) is 33.0 Å². The van der Waals surface area contributed by atoms with Crippen LogP contribution >= 0.6 is 11.3 Å². The molecule has 0 fully saturated rings. The number of hydrogen-bond acceptors (Lipinski definition) is 7. The number of aryl methyl sites for hydroxylation is 3. The first-order valence-corrected chi connectivity index (χ1v) is 10.4. The summed E-state index contributed by atoms with van der Waals surface area (Å²) >= 11 is 1.43. The largest absolute Gasteiger partial charge is 0.459 e. The summed E-state index contributed by atoms with van der Waals surface area (Å²) in [6.45, 7) is 12.3. The van der Waals surface area contributed by atoms with Crippen LogP contribution in [0.15, 0.2) is 4.79 Å². The van der Waals surface area contributed by atoms with Crippen molar-refractivity contribution in [1.29, 1.82) is 0 Å². The minimum atomic E-state index is -0.786. The molecule has 1 atom stereocenters. The smallest absolute Gasteiger partial charge is 0.355 e. The maximum absolute atomic E-state index is 12.7. The van der Waals surface area contributed by atoms with Crippen LogP contribution < -0.4 is 5.56 Å². The Bertz CT molecular complexity index is 1200. The predicted octanol–water partition coefficient (Wildman–Crippen LogP) is 4.03. The van der Waals surface area contributed by atoms with Crippen molar-refractivity contribution in [2.75, 3.05) is 0 Å². The molecule has 8 nitrogen and oxygen atoms in total. The fourth-order valence-corrected chi connectivity index (χ4v) is 4.31. The van der Waals surface area contributed by atoms with E-state index >= 15 is 0 Å². The highest BCUT2D eigenvalue weighted by Gasteiger charge is 2.26. The Labute approximate surface area is 177 Å². The third-order valence-electron chi connectivity index (χ3n) is 4.91. The number of carbonyl (C=O) groups excluding carboxylic acids is 2. The molecule has 0 saturated heterocycles. The monoisotopic (exact) mass is 431 g/mol. The molecule has 0 aliphatic rings. The number of H-pyrrole nitrogens is 2. The minimum absolute atomic E-state index is 0.168. The number of hydrogen-bond donors (Lipinski definition) is 2. The summed E-state index contributed by atoms with van der Waals surface area (Å²) in [5.41, 5.74) is 2.11. The number of fused-ring (bicyclic) bond motifs is 1. The highest BCUT2D eigenvalue weighted by molar-refractivity contribution is 7.18. The Morgan fingerprint density at radius 3 is 2.27 bits per heavy atom. The van der Waals surface area contributed by atoms with Gasteiger partial charge in [-0.1, -0.05) is 0 Å². The molecule has 3 heterocycles. The SMILES string of the molecule is Cc1[nH]c(C(=O)OC(C)c2nc3sc(C)c(C)c3c(=O)[nH]2)c(C)c1C(=O)OC(C)C. The summed E-state index contributed by atoms with van der Waals surface area (Å²) in [4.78, 5) is 49.3. The Kier molecular flexibility index (Phi) is 5.85. The number of nitrogens with zero attached hydrogens (tertiary/aromatic N) is 1. The van der Waals surface area contributed by atoms with Gasteiger partial charge in [-0.25, -0.2) is 14.6 Å². The lowest BCUT2D eigenvalue weighted by Crippen LogP contribution is -2.18. The zero-order valence-electron chi connectivity index (χ0n) is 18.1. The van der Waals surface area contributed by atoms with E-state index < -0.39 is 18.0 Å². The van der Waals surface area contributed by atoms with Gasteiger partial charge in [-0.3, -0.25) is 4.79 Å². The van der Waals surface area contributed by atoms with Crippen LogP contribution in [0.25, 0.3) is 10.2 Å². The van der Waals surface area contributed by atoms with E-state index in [1.807, 2.05) is 13.8 Å². The van der Waals surface area contributed by atoms with E-state index in [2.05, 4.69) is 15.0 Å². The lowest BCUT2D eigenvalue weighted by molar-refractivity contribution is 0.0312. The van der Waals surface area contributed by atoms with E-state index in [0.717, 1.165) is 10.4 Å². The number of rotatable bonds is 5. The first kappa shape index (κ1) is 21.8. The van der Waals surface area contributed by atoms with Crippen molar-refractivity contribution in [2.24, 2.45) is 0 Å². The molecule has 3 rings (SSSR count). The lowest BCUT2D eigenvalue weighted by atomic mass is 10.1. The molecular formula is C21H25N3O5S. The van der Waals surface area contributed by atoms with E-state index in [1.165, 1.54) is 11.3 Å². The molecule has 0 aliphatic heterocycles. The van der Waals surface area contributed by atoms with Crippen molar-refractivity contribution >= 4 is 33.5 Å². The second kappa shape index (κ2) is 8.06. The average Bonchev–Trinajstić information content (AvgIpc) is 3.10. The molecule has 1 unspecified atom stereocenters. The van der Waals surface area contributed by atoms with Crippen LogP contribution in [0.3, 0.4) is 0 Å². The third kappa shape index (κ3) is 3.89. The van der Waals surface area contributed by atoms with Gasteiger partial charge in [0, 0.05) is 10.6 Å². The molecule has 0 aromatic carbocycles. The number of ether oxygens (including phenoxy) is 2. The summed E-state index contributed by atoms with van der Waals surface area (Å²) < 4.78 is 10.8. The third-order valence-corrected chi connectivity index (χ3v) is 6.02. The molecule has 0 radical (unpaired) electrons. The first-order chi connectivity index (χ1) is 14.0. The van der Waals surface area contributed by atoms with Crippen LogP contribution in [0.1, 0.15) is 75.2 Å². The molecule has 9 heteroatoms. The first-order valence-electron chi connectivity index (χ1n) is 9.62. The van der Waals surface area contributed by atoms with Gasteiger partial charge in [0.25, 0.3) is 5.56 Å². The van der Waals surface area contributed by atoms with Gasteiger partial charge in [-0.05, 0) is 59.6 Å². The number of esters is 2. The summed E-state index contributed by atoms with van der Waals surface area (Å²) in [7, 11) is 0. The summed E-state index contributed by atoms with van der Waals surface area (Å²) in [5.74, 6) is -0.876. The van der Waals surface area contributed by atoms with Gasteiger partial charge in [0.05, 0.1) is 17.1 Å². The van der Waals surface area contributed by atoms with Crippen LogP contribution in [0, 0.1) is 27.7 Å². The summed E-state index contributed by atoms with van der Waals surface area (Å²) in [5, 5.41) is 0.559. The molecule has 3 aromatic heterocycles. The van der Waals surface area contributed by atoms with Crippen molar-refractivity contribution in [3.63, 3.8) is 0 Å². The molecule has 2 N–H and O–H groups in total. The van der Waals surface area contributed by atoms with E-state index in [9.17, 15) is 14.4 Å². The van der Waals surface area contributed by atoms with Crippen LogP contribution in [0.2, 0.25) is 0 Å². The number of aromatic amines is 2. The molecule has 160 valence electrons. The predicted molar refractivity (Wildman–Crippen MR) is 114 cm³/mol. The molecule has 0 spiro atoms. The number of carbonyl (C=O) groups is 2. The highest BCUT2D eigenvalue weighted by atomic mass is 32.1. The maximum Gasteiger partial charge on any atom is 0.355 e. The summed E-state index contributed by atoms with van der Waals surface area (Å²) in [6, 6.07) is 0. The maximum atomic E-state index is 12.7. The zero-order valence-corrected chi connectivity index (χ0v) is 18.9. The Balaban J connectivity index is 1.87. The minimum Gasteiger partial charge on any atom is -0.459 e. The Morgan fingerprint density at radius 2 is 1.63 bits per heavy atom. The fraction of sp³-hybridized carbons (Fsp3) is 0.429. The van der Waals surface area contributed by atoms with Crippen molar-refractivity contribution in [3.8, 4) is 0 Å². The van der Waals surface area contributed by atoms with E-state index in [1.54, 1.807) is 34.6 Å². The molecule has 0 aliphatic carbocycles. The Hall–Kier alpha value is -2.94. The van der Waals surface area contributed by atoms with Gasteiger partial charge >= 0.3 is 11.9 Å². The second-order valence-corrected chi connectivity index (χ2v) is 8.74. The van der Waals surface area contributed by atoms with Crippen molar-refractivity contribution in [1.82, 2.24) is 15.0 Å². The van der Waals surface area contributed by atoms with Crippen LogP contribution in [-0.2, 0) is 9.47 Å². The topological polar surface area (TPSA) is 114 Å². The lowest BCUT2D eigenvalue weighted by Gasteiger charge is -2.12. The number of aromatic nitrogens is 3. The zero-order chi connectivity index (χ0) is 22.3. The number of nitrogens with one attached hydrogen (secondary N) is 2. The van der Waals surface area contributed by atoms with Crippen molar-refractivity contribution in [2.45, 2.75) is 60.7 Å². The number of thiophene rings is 1. The van der Waals surface area contributed by atoms with Crippen LogP contribution in [0.4, 0.5) is 0 Å². The van der Waals surface area contributed by atoms with Crippen LogP contribution in [0.5, 0.6) is 0 Å². The molecule has 30 heavy (non-hydrogen) atoms. The van der Waals surface area contributed by atoms with E-state index in [0.29, 0.717) is 27.0 Å². The van der Waals surface area contributed by atoms with Gasteiger partial charge in [-0.2, -0.15) is 0 Å². The standard InChI is InChI=1S/C21H25N3O5S/c1-8(2)28-20(26)14-10(4)16(22-11(14)5)21(27)29-12(6)17-23-18(25)15-9(3)13(7)30-19(15)24-17/h8,12,22H,1-7H3,(H,23,24,25). The normalized spacial score (nSPS) is 12.4. The average molecular weight is 432 g/mol. The second-order valence-electron chi connectivity index (χ2n) is 7.54. The van der Waals surface area contributed by atoms with Gasteiger partial charge in [0.1, 0.15) is 10.5 Å². The van der Waals surface area contributed by atoms with Crippen molar-refractivity contribution in [3.05, 3.63) is 49.1 Å². The molecule has 0 bridgehead atoms. The molecule has 0 saturated carbocycles.